The summed E-state index contributed by atoms with van der Waals surface area (Å²) in [7, 11) is 0. The highest BCUT2D eigenvalue weighted by Crippen LogP contribution is 2.29. The van der Waals surface area contributed by atoms with Crippen LogP contribution in [0.5, 0.6) is 0 Å². The van der Waals surface area contributed by atoms with Gasteiger partial charge in [0.15, 0.2) is 0 Å². The summed E-state index contributed by atoms with van der Waals surface area (Å²) < 4.78 is 5.91. The van der Waals surface area contributed by atoms with E-state index < -0.39 is 0 Å². The summed E-state index contributed by atoms with van der Waals surface area (Å²) in [6.07, 6.45) is 0. The van der Waals surface area contributed by atoms with Gasteiger partial charge in [-0.15, -0.1) is 0 Å². The number of hydrogen-bond donors (Lipinski definition) is 0. The van der Waals surface area contributed by atoms with Crippen LogP contribution in [0, 0.1) is 20.8 Å². The van der Waals surface area contributed by atoms with Crippen LogP contribution in [0.4, 0.5) is 0 Å². The van der Waals surface area contributed by atoms with Crippen LogP contribution < -0.4 is 24.0 Å². The predicted octanol–water partition coefficient (Wildman–Crippen LogP) is 2.82. The molecule has 2 heteroatoms. The Balaban J connectivity index is 0.00000176. The molecule has 22 heavy (non-hydrogen) atoms. The van der Waals surface area contributed by atoms with Crippen LogP contribution in [-0.2, 0) is 0 Å². The molecule has 1 nitrogen and oxygen atoms in total. The molecule has 0 unspecified atom stereocenters. The topological polar surface area (TPSA) is 11.3 Å². The number of hydrogen-bond acceptors (Lipinski definition) is 0. The van der Waals surface area contributed by atoms with Crippen LogP contribution in [-0.4, -0.2) is 0 Å². The van der Waals surface area contributed by atoms with Gasteiger partial charge in [0.05, 0.1) is 18.6 Å². The highest BCUT2D eigenvalue weighted by molar-refractivity contribution is 5.70. The predicted molar refractivity (Wildman–Crippen MR) is 88.2 cm³/mol. The molecule has 3 rings (SSSR count). The third-order valence-corrected chi connectivity index (χ3v) is 3.57. The van der Waals surface area contributed by atoms with Crippen molar-refractivity contribution < 1.29 is 28.4 Å². The zero-order valence-corrected chi connectivity index (χ0v) is 15.2. The number of rotatable bonds is 2. The van der Waals surface area contributed by atoms with Gasteiger partial charge in [0.2, 0.25) is 0 Å². The van der Waals surface area contributed by atoms with E-state index in [0.717, 1.165) is 17.1 Å². The fraction of sp³-hybridized carbons (Fsp3) is 0.150. The quantitative estimate of drug-likeness (QED) is 0.474. The fourth-order valence-electron chi connectivity index (χ4n) is 2.57. The summed E-state index contributed by atoms with van der Waals surface area (Å²) >= 11 is 0. The first-order chi connectivity index (χ1) is 10.1. The Morgan fingerprint density at radius 2 is 1.23 bits per heavy atom. The molecule has 1 heterocycles. The zero-order chi connectivity index (χ0) is 14.8. The summed E-state index contributed by atoms with van der Waals surface area (Å²) in [6.45, 7) is 6.21. The van der Waals surface area contributed by atoms with Gasteiger partial charge in [0, 0.05) is 11.6 Å². The second-order valence-corrected chi connectivity index (χ2v) is 5.56. The van der Waals surface area contributed by atoms with E-state index in [1.165, 1.54) is 22.3 Å². The molecule has 0 fully saturated rings. The lowest BCUT2D eigenvalue weighted by Crippen LogP contribution is -3.00. The molecule has 112 valence electrons. The van der Waals surface area contributed by atoms with Gasteiger partial charge in [-0.3, -0.25) is 0 Å². The van der Waals surface area contributed by atoms with Gasteiger partial charge in [-0.25, -0.2) is 4.42 Å². The third-order valence-electron chi connectivity index (χ3n) is 3.57. The van der Waals surface area contributed by atoms with Gasteiger partial charge in [0.1, 0.15) is 0 Å². The average Bonchev–Trinajstić information content (AvgIpc) is 2.46. The van der Waals surface area contributed by atoms with Crippen molar-refractivity contribution in [2.75, 3.05) is 0 Å². The second kappa shape index (κ2) is 7.05. The summed E-state index contributed by atoms with van der Waals surface area (Å²) in [6, 6.07) is 21.2. The molecular formula is C20H19IO. The Morgan fingerprint density at radius 3 is 1.86 bits per heavy atom. The van der Waals surface area contributed by atoms with Crippen LogP contribution in [0.3, 0.4) is 0 Å². The maximum Gasteiger partial charge on any atom is 0.360 e. The van der Waals surface area contributed by atoms with E-state index in [9.17, 15) is 0 Å². The normalized spacial score (nSPS) is 10.1. The van der Waals surface area contributed by atoms with Crippen molar-refractivity contribution in [1.82, 2.24) is 0 Å². The molecule has 1 aromatic heterocycles. The van der Waals surface area contributed by atoms with E-state index >= 15 is 0 Å². The van der Waals surface area contributed by atoms with E-state index in [4.69, 9.17) is 4.42 Å². The second-order valence-electron chi connectivity index (χ2n) is 5.56. The number of benzene rings is 2. The molecule has 0 atom stereocenters. The van der Waals surface area contributed by atoms with Gasteiger partial charge in [-0.1, -0.05) is 47.5 Å². The lowest BCUT2D eigenvalue weighted by Gasteiger charge is -2.02. The van der Waals surface area contributed by atoms with Crippen molar-refractivity contribution in [3.05, 3.63) is 77.6 Å². The van der Waals surface area contributed by atoms with Crippen LogP contribution in [0.25, 0.3) is 22.5 Å². The average molecular weight is 402 g/mol. The first-order valence-corrected chi connectivity index (χ1v) is 7.21. The third kappa shape index (κ3) is 3.74. The summed E-state index contributed by atoms with van der Waals surface area (Å²) in [5.74, 6) is 1.83. The highest BCUT2D eigenvalue weighted by Gasteiger charge is 2.16. The molecule has 0 N–H and O–H groups in total. The molecule has 0 spiro atoms. The maximum absolute atomic E-state index is 5.91. The van der Waals surface area contributed by atoms with Crippen molar-refractivity contribution in [2.24, 2.45) is 0 Å². The van der Waals surface area contributed by atoms with E-state index in [0.29, 0.717) is 0 Å². The molecule has 0 aliphatic rings. The number of halogens is 1. The monoisotopic (exact) mass is 402 g/mol. The molecule has 2 aromatic carbocycles. The Bertz CT molecular complexity index is 729. The van der Waals surface area contributed by atoms with Crippen LogP contribution in [0.1, 0.15) is 16.9 Å². The van der Waals surface area contributed by atoms with Crippen molar-refractivity contribution in [3.63, 3.8) is 0 Å². The molecular weight excluding hydrogens is 383 g/mol. The Morgan fingerprint density at radius 1 is 0.636 bits per heavy atom. The molecule has 0 bridgehead atoms. The molecule has 0 saturated carbocycles. The minimum Gasteiger partial charge on any atom is -1.00 e. The molecule has 3 aromatic rings. The van der Waals surface area contributed by atoms with E-state index in [1.54, 1.807) is 0 Å². The highest BCUT2D eigenvalue weighted by atomic mass is 127. The minimum atomic E-state index is 0. The SMILES string of the molecule is Cc1cccc(-c2cc(C)[o+]c(-c3cccc(C)c3)c2)c1.[I-]. The summed E-state index contributed by atoms with van der Waals surface area (Å²) in [5, 5.41) is 0. The fourth-order valence-corrected chi connectivity index (χ4v) is 2.57. The van der Waals surface area contributed by atoms with Gasteiger partial charge >= 0.3 is 11.5 Å². The molecule has 0 amide bonds. The Kier molecular flexibility index (Phi) is 5.35. The van der Waals surface area contributed by atoms with Gasteiger partial charge in [0.25, 0.3) is 0 Å². The Hall–Kier alpha value is -1.68. The molecule has 0 aliphatic heterocycles. The lowest BCUT2D eigenvalue weighted by molar-refractivity contribution is -0.00000501. The first-order valence-electron chi connectivity index (χ1n) is 7.21. The largest absolute Gasteiger partial charge is 1.00 e. The van der Waals surface area contributed by atoms with Crippen LogP contribution in [0.15, 0.2) is 65.1 Å². The molecule has 0 saturated heterocycles. The van der Waals surface area contributed by atoms with E-state index in [2.05, 4.69) is 74.5 Å². The van der Waals surface area contributed by atoms with Crippen LogP contribution >= 0.6 is 0 Å². The van der Waals surface area contributed by atoms with Gasteiger partial charge in [-0.05, 0) is 31.5 Å². The van der Waals surface area contributed by atoms with E-state index in [1.807, 2.05) is 6.92 Å². The van der Waals surface area contributed by atoms with Crippen molar-refractivity contribution in [3.8, 4) is 22.5 Å². The van der Waals surface area contributed by atoms with Crippen molar-refractivity contribution in [2.45, 2.75) is 20.8 Å². The van der Waals surface area contributed by atoms with Crippen LogP contribution in [0.2, 0.25) is 0 Å². The summed E-state index contributed by atoms with van der Waals surface area (Å²) in [4.78, 5) is 0. The van der Waals surface area contributed by atoms with Crippen molar-refractivity contribution >= 4 is 0 Å². The molecule has 0 aliphatic carbocycles. The zero-order valence-electron chi connectivity index (χ0n) is 13.1. The maximum atomic E-state index is 5.91. The lowest BCUT2D eigenvalue weighted by atomic mass is 10.0. The van der Waals surface area contributed by atoms with E-state index in [-0.39, 0.29) is 24.0 Å². The van der Waals surface area contributed by atoms with Gasteiger partial charge in [-0.2, -0.15) is 0 Å². The minimum absolute atomic E-state index is 0. The first kappa shape index (κ1) is 16.7. The molecule has 0 radical (unpaired) electrons. The standard InChI is InChI=1S/C20H19O.HI/c1-14-6-4-8-17(10-14)19-12-16(3)21-20(13-19)18-9-5-7-15(2)11-18;/h4-13H,1-3H3;1H/q+1;/p-1. The number of aryl methyl sites for hydroxylation is 3. The Labute approximate surface area is 149 Å². The van der Waals surface area contributed by atoms with Crippen molar-refractivity contribution in [1.29, 1.82) is 0 Å². The smallest absolute Gasteiger partial charge is 0.360 e. The van der Waals surface area contributed by atoms with Gasteiger partial charge < -0.3 is 24.0 Å². The summed E-state index contributed by atoms with van der Waals surface area (Å²) in [5.41, 5.74) is 6.04.